The maximum Gasteiger partial charge on any atom is 0.234 e. The first-order valence-electron chi connectivity index (χ1n) is 4.75. The van der Waals surface area contributed by atoms with Crippen molar-refractivity contribution in [3.8, 4) is 0 Å². The van der Waals surface area contributed by atoms with Gasteiger partial charge in [-0.15, -0.1) is 0 Å². The molecule has 1 amide bonds. The summed E-state index contributed by atoms with van der Waals surface area (Å²) in [4.78, 5) is 11.4. The van der Waals surface area contributed by atoms with E-state index in [2.05, 4.69) is 5.43 Å². The Kier molecular flexibility index (Phi) is 3.27. The number of nitrogens with zero attached hydrogens (tertiary/aromatic N) is 1. The van der Waals surface area contributed by atoms with E-state index in [9.17, 15) is 4.79 Å². The fourth-order valence-electron chi connectivity index (χ4n) is 1.76. The third-order valence-corrected chi connectivity index (χ3v) is 2.73. The van der Waals surface area contributed by atoms with Crippen LogP contribution in [0.1, 0.15) is 25.7 Å². The summed E-state index contributed by atoms with van der Waals surface area (Å²) in [6.07, 6.45) is 3.99. The third kappa shape index (κ3) is 2.67. The van der Waals surface area contributed by atoms with Crippen LogP contribution < -0.4 is 11.2 Å². The fraction of sp³-hybridized carbons (Fsp3) is 0.889. The first-order valence-corrected chi connectivity index (χ1v) is 4.75. The number of hydrazine groups is 1. The number of nitrogens with one attached hydrogen (secondary N) is 1. The first kappa shape index (κ1) is 10.5. The van der Waals surface area contributed by atoms with Gasteiger partial charge in [0, 0.05) is 20.5 Å². The number of hydrogen-bond acceptors (Lipinski definition) is 3. The quantitative estimate of drug-likeness (QED) is 0.611. The number of carbonyl (C=O) groups excluding carboxylic acids is 1. The van der Waals surface area contributed by atoms with Crippen molar-refractivity contribution in [2.75, 3.05) is 20.6 Å². The van der Waals surface area contributed by atoms with E-state index in [1.54, 1.807) is 5.01 Å². The molecule has 0 saturated heterocycles. The van der Waals surface area contributed by atoms with Crippen LogP contribution in [0.4, 0.5) is 0 Å². The van der Waals surface area contributed by atoms with Gasteiger partial charge in [0.15, 0.2) is 0 Å². The Hall–Kier alpha value is -0.610. The zero-order valence-electron chi connectivity index (χ0n) is 8.47. The van der Waals surface area contributed by atoms with E-state index in [0.717, 1.165) is 12.8 Å². The number of amides is 1. The molecule has 0 bridgehead atoms. The minimum Gasteiger partial charge on any atom is -0.330 e. The minimum atomic E-state index is 0.0788. The molecule has 0 aliphatic heterocycles. The van der Waals surface area contributed by atoms with E-state index in [-0.39, 0.29) is 11.3 Å². The van der Waals surface area contributed by atoms with Crippen molar-refractivity contribution >= 4 is 5.91 Å². The Morgan fingerprint density at radius 2 is 2.15 bits per heavy atom. The van der Waals surface area contributed by atoms with Crippen molar-refractivity contribution < 1.29 is 4.79 Å². The van der Waals surface area contributed by atoms with Crippen molar-refractivity contribution in [1.82, 2.24) is 10.4 Å². The van der Waals surface area contributed by atoms with Gasteiger partial charge < -0.3 is 5.73 Å². The van der Waals surface area contributed by atoms with E-state index in [1.807, 2.05) is 14.1 Å². The summed E-state index contributed by atoms with van der Waals surface area (Å²) < 4.78 is 0. The SMILES string of the molecule is CN(C)NC(=O)CC1(CN)CCC1. The van der Waals surface area contributed by atoms with Gasteiger partial charge in [-0.2, -0.15) is 0 Å². The van der Waals surface area contributed by atoms with E-state index in [0.29, 0.717) is 13.0 Å². The monoisotopic (exact) mass is 185 g/mol. The summed E-state index contributed by atoms with van der Waals surface area (Å²) in [5.74, 6) is 0.0788. The normalized spacial score (nSPS) is 19.7. The van der Waals surface area contributed by atoms with E-state index >= 15 is 0 Å². The second-order valence-corrected chi connectivity index (χ2v) is 4.16. The average Bonchev–Trinajstić information content (AvgIpc) is 1.95. The van der Waals surface area contributed by atoms with Crippen molar-refractivity contribution in [3.63, 3.8) is 0 Å². The summed E-state index contributed by atoms with van der Waals surface area (Å²) in [7, 11) is 3.63. The molecule has 1 saturated carbocycles. The largest absolute Gasteiger partial charge is 0.330 e. The molecule has 0 radical (unpaired) electrons. The van der Waals surface area contributed by atoms with Crippen LogP contribution in [0.15, 0.2) is 0 Å². The average molecular weight is 185 g/mol. The molecule has 0 aromatic heterocycles. The molecule has 0 atom stereocenters. The highest BCUT2D eigenvalue weighted by molar-refractivity contribution is 5.76. The first-order chi connectivity index (χ1) is 6.08. The molecule has 0 heterocycles. The summed E-state index contributed by atoms with van der Waals surface area (Å²) in [6.45, 7) is 0.633. The third-order valence-electron chi connectivity index (χ3n) is 2.73. The lowest BCUT2D eigenvalue weighted by Gasteiger charge is -2.40. The Morgan fingerprint density at radius 3 is 2.46 bits per heavy atom. The van der Waals surface area contributed by atoms with Crippen molar-refractivity contribution in [3.05, 3.63) is 0 Å². The summed E-state index contributed by atoms with van der Waals surface area (Å²) in [5, 5.41) is 1.67. The highest BCUT2D eigenvalue weighted by Gasteiger charge is 2.37. The molecule has 1 aliphatic rings. The van der Waals surface area contributed by atoms with Crippen LogP contribution >= 0.6 is 0 Å². The number of hydrogen-bond donors (Lipinski definition) is 2. The van der Waals surface area contributed by atoms with Crippen LogP contribution in [0.25, 0.3) is 0 Å². The van der Waals surface area contributed by atoms with Gasteiger partial charge in [0.1, 0.15) is 0 Å². The van der Waals surface area contributed by atoms with Crippen LogP contribution in [-0.2, 0) is 4.79 Å². The van der Waals surface area contributed by atoms with Gasteiger partial charge in [0.2, 0.25) is 5.91 Å². The van der Waals surface area contributed by atoms with Gasteiger partial charge >= 0.3 is 0 Å². The standard InChI is InChI=1S/C9H19N3O/c1-12(2)11-8(13)6-9(7-10)4-3-5-9/h3-7,10H2,1-2H3,(H,11,13). The number of rotatable bonds is 4. The van der Waals surface area contributed by atoms with Gasteiger partial charge in [-0.1, -0.05) is 6.42 Å². The zero-order valence-corrected chi connectivity index (χ0v) is 8.47. The molecule has 1 aliphatic carbocycles. The Labute approximate surface area is 79.4 Å². The predicted octanol–water partition coefficient (Wildman–Crippen LogP) is 0.0983. The molecule has 76 valence electrons. The Balaban J connectivity index is 2.34. The number of carbonyl (C=O) groups is 1. The van der Waals surface area contributed by atoms with Gasteiger partial charge in [-0.25, -0.2) is 5.01 Å². The predicted molar refractivity (Wildman–Crippen MR) is 51.8 cm³/mol. The van der Waals surface area contributed by atoms with Gasteiger partial charge in [0.25, 0.3) is 0 Å². The molecule has 4 nitrogen and oxygen atoms in total. The lowest BCUT2D eigenvalue weighted by atomic mass is 9.66. The number of nitrogens with two attached hydrogens (primary N) is 1. The Morgan fingerprint density at radius 1 is 1.54 bits per heavy atom. The van der Waals surface area contributed by atoms with Crippen molar-refractivity contribution in [2.45, 2.75) is 25.7 Å². The molecular weight excluding hydrogens is 166 g/mol. The molecule has 4 heteroatoms. The highest BCUT2D eigenvalue weighted by atomic mass is 16.2. The molecule has 0 unspecified atom stereocenters. The molecule has 0 spiro atoms. The van der Waals surface area contributed by atoms with E-state index < -0.39 is 0 Å². The van der Waals surface area contributed by atoms with Gasteiger partial charge in [0.05, 0.1) is 0 Å². The van der Waals surface area contributed by atoms with Crippen LogP contribution in [0.3, 0.4) is 0 Å². The van der Waals surface area contributed by atoms with Crippen molar-refractivity contribution in [2.24, 2.45) is 11.1 Å². The molecule has 3 N–H and O–H groups in total. The second kappa shape index (κ2) is 4.07. The van der Waals surface area contributed by atoms with E-state index in [1.165, 1.54) is 6.42 Å². The summed E-state index contributed by atoms with van der Waals surface area (Å²) in [6, 6.07) is 0. The second-order valence-electron chi connectivity index (χ2n) is 4.16. The topological polar surface area (TPSA) is 58.4 Å². The molecule has 0 aromatic rings. The summed E-state index contributed by atoms with van der Waals surface area (Å²) in [5.41, 5.74) is 8.51. The van der Waals surface area contributed by atoms with Crippen LogP contribution in [0.5, 0.6) is 0 Å². The lowest BCUT2D eigenvalue weighted by Crippen LogP contribution is -2.44. The maximum atomic E-state index is 11.4. The fourth-order valence-corrected chi connectivity index (χ4v) is 1.76. The zero-order chi connectivity index (χ0) is 9.90. The van der Waals surface area contributed by atoms with Crippen molar-refractivity contribution in [1.29, 1.82) is 0 Å². The Bertz CT molecular complexity index is 182. The minimum absolute atomic E-state index is 0.0788. The van der Waals surface area contributed by atoms with Gasteiger partial charge in [-0.3, -0.25) is 10.2 Å². The molecule has 0 aromatic carbocycles. The van der Waals surface area contributed by atoms with Gasteiger partial charge in [-0.05, 0) is 24.8 Å². The summed E-state index contributed by atoms with van der Waals surface area (Å²) >= 11 is 0. The van der Waals surface area contributed by atoms with E-state index in [4.69, 9.17) is 5.73 Å². The molecule has 1 rings (SSSR count). The maximum absolute atomic E-state index is 11.4. The lowest BCUT2D eigenvalue weighted by molar-refractivity contribution is -0.128. The highest BCUT2D eigenvalue weighted by Crippen LogP contribution is 2.42. The molecular formula is C9H19N3O. The smallest absolute Gasteiger partial charge is 0.234 e. The van der Waals surface area contributed by atoms with Crippen LogP contribution in [-0.4, -0.2) is 31.6 Å². The van der Waals surface area contributed by atoms with Crippen LogP contribution in [0, 0.1) is 5.41 Å². The molecule has 13 heavy (non-hydrogen) atoms. The van der Waals surface area contributed by atoms with Crippen LogP contribution in [0.2, 0.25) is 0 Å². The molecule has 1 fully saturated rings.